The van der Waals surface area contributed by atoms with E-state index in [1.807, 2.05) is 24.3 Å². The van der Waals surface area contributed by atoms with Gasteiger partial charge in [0.25, 0.3) is 5.91 Å². The van der Waals surface area contributed by atoms with Crippen LogP contribution in [-0.4, -0.2) is 53.5 Å². The first-order valence-corrected chi connectivity index (χ1v) is 15.0. The zero-order valence-corrected chi connectivity index (χ0v) is 24.5. The van der Waals surface area contributed by atoms with E-state index in [-0.39, 0.29) is 0 Å². The van der Waals surface area contributed by atoms with Crippen LogP contribution < -0.4 is 5.32 Å². The maximum atomic E-state index is 13.7. The number of nitrogens with zero attached hydrogens (tertiary/aromatic N) is 2. The third-order valence-corrected chi connectivity index (χ3v) is 9.17. The van der Waals surface area contributed by atoms with Gasteiger partial charge in [-0.2, -0.15) is 0 Å². The lowest BCUT2D eigenvalue weighted by Crippen LogP contribution is -2.37. The number of benzene rings is 1. The number of ether oxygens (including phenoxy) is 2. The number of thiophene rings is 1. The summed E-state index contributed by atoms with van der Waals surface area (Å²) in [7, 11) is 1.35. The summed E-state index contributed by atoms with van der Waals surface area (Å²) in [5.41, 5.74) is 4.38. The van der Waals surface area contributed by atoms with E-state index in [0.717, 1.165) is 84.1 Å². The van der Waals surface area contributed by atoms with Gasteiger partial charge in [-0.25, -0.2) is 9.59 Å². The highest BCUT2D eigenvalue weighted by Crippen LogP contribution is 2.38. The van der Waals surface area contributed by atoms with Crippen molar-refractivity contribution < 1.29 is 23.9 Å². The van der Waals surface area contributed by atoms with Crippen molar-refractivity contribution in [2.75, 3.05) is 19.0 Å². The van der Waals surface area contributed by atoms with Gasteiger partial charge in [0.1, 0.15) is 5.00 Å². The van der Waals surface area contributed by atoms with E-state index < -0.39 is 23.9 Å². The molecule has 2 aromatic heterocycles. The number of methoxy groups -OCH3 is 1. The molecule has 1 atom stereocenters. The highest BCUT2D eigenvalue weighted by Gasteiger charge is 2.31. The monoisotopic (exact) mass is 563 g/mol. The second-order valence-electron chi connectivity index (χ2n) is 10.9. The average Bonchev–Trinajstić information content (AvgIpc) is 3.25. The van der Waals surface area contributed by atoms with Crippen molar-refractivity contribution in [3.8, 4) is 0 Å². The first-order valence-electron chi connectivity index (χ1n) is 14.2. The fraction of sp³-hybridized carbons (Fsp3) is 0.484. The average molecular weight is 564 g/mol. The van der Waals surface area contributed by atoms with Crippen molar-refractivity contribution in [3.05, 3.63) is 57.1 Å². The largest absolute Gasteiger partial charge is 0.465 e. The standard InChI is InChI=1S/C31H37N3O5S/c1-18(2)34-16-15-24-22(17-34)26(20-11-9-10-13-23(20)32-24)31(37)39-19(3)28(35)33-29-27(30(36)38-4)21-12-7-5-6-8-14-25(21)40-29/h9-11,13,18-19H,5-8,12,14-17H2,1-4H3,(H,33,35). The zero-order valence-electron chi connectivity index (χ0n) is 23.7. The molecule has 1 aliphatic heterocycles. The molecule has 212 valence electrons. The van der Waals surface area contributed by atoms with Crippen LogP contribution in [0.25, 0.3) is 10.9 Å². The second-order valence-corrected chi connectivity index (χ2v) is 12.0. The molecule has 1 unspecified atom stereocenters. The van der Waals surface area contributed by atoms with Gasteiger partial charge in [-0.15, -0.1) is 11.3 Å². The van der Waals surface area contributed by atoms with Crippen molar-refractivity contribution >= 4 is 45.1 Å². The number of aromatic nitrogens is 1. The number of hydrogen-bond acceptors (Lipinski definition) is 8. The van der Waals surface area contributed by atoms with Crippen LogP contribution in [0.5, 0.6) is 0 Å². The van der Waals surface area contributed by atoms with Crippen LogP contribution in [0.3, 0.4) is 0 Å². The molecule has 8 nitrogen and oxygen atoms in total. The first-order chi connectivity index (χ1) is 19.3. The number of carbonyl (C=O) groups excluding carboxylic acids is 3. The highest BCUT2D eigenvalue weighted by molar-refractivity contribution is 7.17. The van der Waals surface area contributed by atoms with E-state index in [2.05, 4.69) is 24.1 Å². The normalized spacial score (nSPS) is 16.4. The van der Waals surface area contributed by atoms with Crippen molar-refractivity contribution in [1.82, 2.24) is 9.88 Å². The van der Waals surface area contributed by atoms with E-state index in [0.29, 0.717) is 28.7 Å². The van der Waals surface area contributed by atoms with Crippen molar-refractivity contribution in [2.45, 2.75) is 84.4 Å². The number of para-hydroxylation sites is 1. The molecule has 0 spiro atoms. The van der Waals surface area contributed by atoms with E-state index in [1.54, 1.807) is 6.92 Å². The van der Waals surface area contributed by atoms with Gasteiger partial charge in [-0.1, -0.05) is 31.0 Å². The van der Waals surface area contributed by atoms with Crippen LogP contribution >= 0.6 is 11.3 Å². The summed E-state index contributed by atoms with van der Waals surface area (Å²) >= 11 is 1.43. The first kappa shape index (κ1) is 28.2. The topological polar surface area (TPSA) is 97.8 Å². The Morgan fingerprint density at radius 1 is 0.950 bits per heavy atom. The molecule has 1 amide bonds. The Labute approximate surface area is 239 Å². The molecule has 0 bridgehead atoms. The maximum absolute atomic E-state index is 13.7. The minimum atomic E-state index is -1.07. The highest BCUT2D eigenvalue weighted by atomic mass is 32.1. The Morgan fingerprint density at radius 3 is 2.45 bits per heavy atom. The van der Waals surface area contributed by atoms with Crippen LogP contribution in [0.4, 0.5) is 5.00 Å². The third kappa shape index (κ3) is 5.63. The van der Waals surface area contributed by atoms with Gasteiger partial charge >= 0.3 is 11.9 Å². The SMILES string of the molecule is COC(=O)c1c(NC(=O)C(C)OC(=O)c2c3c(nc4ccccc24)CCN(C(C)C)C3)sc2c1CCCCCC2. The number of aryl methyl sites for hydroxylation is 1. The Kier molecular flexibility index (Phi) is 8.51. The van der Waals surface area contributed by atoms with Gasteiger partial charge in [-0.05, 0) is 58.1 Å². The molecule has 0 saturated heterocycles. The van der Waals surface area contributed by atoms with Crippen LogP contribution in [-0.2, 0) is 40.1 Å². The van der Waals surface area contributed by atoms with E-state index in [9.17, 15) is 14.4 Å². The van der Waals surface area contributed by atoms with Crippen molar-refractivity contribution in [3.63, 3.8) is 0 Å². The maximum Gasteiger partial charge on any atom is 0.341 e. The number of pyridine rings is 1. The molecule has 40 heavy (non-hydrogen) atoms. The smallest absolute Gasteiger partial charge is 0.341 e. The number of anilines is 1. The zero-order chi connectivity index (χ0) is 28.4. The van der Waals surface area contributed by atoms with Crippen LogP contribution in [0.2, 0.25) is 0 Å². The minimum Gasteiger partial charge on any atom is -0.465 e. The van der Waals surface area contributed by atoms with Gasteiger partial charge < -0.3 is 14.8 Å². The number of esters is 2. The summed E-state index contributed by atoms with van der Waals surface area (Å²) in [6.07, 6.45) is 5.64. The van der Waals surface area contributed by atoms with Crippen molar-refractivity contribution in [1.29, 1.82) is 0 Å². The van der Waals surface area contributed by atoms with Gasteiger partial charge in [-0.3, -0.25) is 14.7 Å². The summed E-state index contributed by atoms with van der Waals surface area (Å²) in [4.78, 5) is 48.1. The molecular weight excluding hydrogens is 526 g/mol. The molecule has 2 aliphatic rings. The predicted octanol–water partition coefficient (Wildman–Crippen LogP) is 5.69. The quantitative estimate of drug-likeness (QED) is 0.385. The van der Waals surface area contributed by atoms with Crippen LogP contribution in [0, 0.1) is 0 Å². The van der Waals surface area contributed by atoms with E-state index in [4.69, 9.17) is 14.5 Å². The number of fused-ring (bicyclic) bond motifs is 3. The summed E-state index contributed by atoms with van der Waals surface area (Å²) in [6, 6.07) is 7.88. The minimum absolute atomic E-state index is 0.322. The summed E-state index contributed by atoms with van der Waals surface area (Å²) in [5.74, 6) is -1.49. The lowest BCUT2D eigenvalue weighted by atomic mass is 9.95. The lowest BCUT2D eigenvalue weighted by Gasteiger charge is -2.32. The Morgan fingerprint density at radius 2 is 1.70 bits per heavy atom. The molecule has 3 heterocycles. The summed E-state index contributed by atoms with van der Waals surface area (Å²) in [6.45, 7) is 7.30. The molecule has 0 radical (unpaired) electrons. The number of hydrogen-bond donors (Lipinski definition) is 1. The second kappa shape index (κ2) is 12.1. The predicted molar refractivity (Wildman–Crippen MR) is 156 cm³/mol. The molecule has 0 saturated carbocycles. The van der Waals surface area contributed by atoms with Gasteiger partial charge in [0.05, 0.1) is 23.8 Å². The molecule has 5 rings (SSSR count). The van der Waals surface area contributed by atoms with Crippen LogP contribution in [0.1, 0.15) is 88.9 Å². The molecule has 1 aromatic carbocycles. The number of carbonyl (C=O) groups is 3. The molecule has 9 heteroatoms. The van der Waals surface area contributed by atoms with E-state index >= 15 is 0 Å². The number of rotatable bonds is 6. The number of nitrogens with one attached hydrogen (secondary N) is 1. The van der Waals surface area contributed by atoms with E-state index in [1.165, 1.54) is 18.4 Å². The third-order valence-electron chi connectivity index (χ3n) is 7.96. The lowest BCUT2D eigenvalue weighted by molar-refractivity contribution is -0.123. The van der Waals surface area contributed by atoms with Crippen molar-refractivity contribution in [2.24, 2.45) is 0 Å². The Hall–Kier alpha value is -3.30. The molecule has 0 fully saturated rings. The van der Waals surface area contributed by atoms with Gasteiger partial charge in [0, 0.05) is 47.1 Å². The fourth-order valence-electron chi connectivity index (χ4n) is 5.70. The van der Waals surface area contributed by atoms with Crippen LogP contribution in [0.15, 0.2) is 24.3 Å². The van der Waals surface area contributed by atoms with Gasteiger partial charge in [0.2, 0.25) is 0 Å². The van der Waals surface area contributed by atoms with Gasteiger partial charge in [0.15, 0.2) is 6.10 Å². The summed E-state index contributed by atoms with van der Waals surface area (Å²) < 4.78 is 10.9. The Balaban J connectivity index is 1.41. The molecule has 1 N–H and O–H groups in total. The molecule has 3 aromatic rings. The summed E-state index contributed by atoms with van der Waals surface area (Å²) in [5, 5.41) is 4.06. The fourth-order valence-corrected chi connectivity index (χ4v) is 6.98. The Bertz CT molecular complexity index is 1450. The molecule has 1 aliphatic carbocycles. The molecular formula is C31H37N3O5S. The number of amides is 1.